The molecule has 1 heterocycles. The van der Waals surface area contributed by atoms with Crippen LogP contribution in [0.4, 0.5) is 5.69 Å². The maximum atomic E-state index is 12.5. The monoisotopic (exact) mass is 259 g/mol. The molecule has 0 bridgehead atoms. The predicted octanol–water partition coefficient (Wildman–Crippen LogP) is 1.82. The highest BCUT2D eigenvalue weighted by Gasteiger charge is 2.51. The van der Waals surface area contributed by atoms with Crippen LogP contribution in [0, 0.1) is 0 Å². The number of hydrogen-bond donors (Lipinski definition) is 2. The fraction of sp³-hybridized carbons (Fsp3) is 0.533. The number of anilines is 1. The first-order valence-corrected chi connectivity index (χ1v) is 7.13. The van der Waals surface area contributed by atoms with Crippen LogP contribution in [-0.4, -0.2) is 24.0 Å². The molecule has 2 aliphatic rings. The van der Waals surface area contributed by atoms with Gasteiger partial charge in [0.2, 0.25) is 5.91 Å². The van der Waals surface area contributed by atoms with Gasteiger partial charge in [-0.05, 0) is 43.4 Å². The third kappa shape index (κ3) is 2.45. The zero-order chi connectivity index (χ0) is 13.3. The maximum Gasteiger partial charge on any atom is 0.244 e. The number of rotatable bonds is 3. The quantitative estimate of drug-likeness (QED) is 0.814. The van der Waals surface area contributed by atoms with Gasteiger partial charge in [-0.15, -0.1) is 0 Å². The van der Waals surface area contributed by atoms with Crippen LogP contribution >= 0.6 is 0 Å². The Hall–Kier alpha value is -1.55. The highest BCUT2D eigenvalue weighted by molar-refractivity contribution is 5.91. The lowest BCUT2D eigenvalue weighted by molar-refractivity contribution is -0.129. The first-order valence-electron chi connectivity index (χ1n) is 7.13. The SMILES string of the molecule is Nc1ccc(C2(C(=O)NN3CCCCC3)CC2)cc1. The van der Waals surface area contributed by atoms with Crippen molar-refractivity contribution < 1.29 is 4.79 Å². The second kappa shape index (κ2) is 4.85. The first kappa shape index (κ1) is 12.5. The van der Waals surface area contributed by atoms with Crippen LogP contribution in [0.1, 0.15) is 37.7 Å². The van der Waals surface area contributed by atoms with E-state index in [1.165, 1.54) is 19.3 Å². The average Bonchev–Trinajstić information content (AvgIpc) is 3.22. The Morgan fingerprint density at radius 3 is 2.32 bits per heavy atom. The highest BCUT2D eigenvalue weighted by atomic mass is 16.2. The molecular weight excluding hydrogens is 238 g/mol. The number of hydrogen-bond acceptors (Lipinski definition) is 3. The van der Waals surface area contributed by atoms with Crippen LogP contribution in [0.15, 0.2) is 24.3 Å². The predicted molar refractivity (Wildman–Crippen MR) is 75.3 cm³/mol. The molecule has 1 saturated carbocycles. The molecule has 2 fully saturated rings. The van der Waals surface area contributed by atoms with E-state index in [1.54, 1.807) is 0 Å². The number of benzene rings is 1. The topological polar surface area (TPSA) is 58.4 Å². The molecule has 0 radical (unpaired) electrons. The van der Waals surface area contributed by atoms with Crippen LogP contribution in [0.5, 0.6) is 0 Å². The van der Waals surface area contributed by atoms with Crippen molar-refractivity contribution in [2.75, 3.05) is 18.8 Å². The standard InChI is InChI=1S/C15H21N3O/c16-13-6-4-12(5-7-13)15(8-9-15)14(19)17-18-10-2-1-3-11-18/h4-7H,1-3,8-11,16H2,(H,17,19). The summed E-state index contributed by atoms with van der Waals surface area (Å²) in [5.74, 6) is 0.152. The number of piperidine rings is 1. The zero-order valence-electron chi connectivity index (χ0n) is 11.2. The van der Waals surface area contributed by atoms with E-state index in [-0.39, 0.29) is 11.3 Å². The molecule has 1 amide bonds. The lowest BCUT2D eigenvalue weighted by atomic mass is 9.95. The van der Waals surface area contributed by atoms with Gasteiger partial charge in [-0.2, -0.15) is 0 Å². The van der Waals surface area contributed by atoms with Crippen molar-refractivity contribution in [1.82, 2.24) is 10.4 Å². The molecule has 4 nitrogen and oxygen atoms in total. The van der Waals surface area contributed by atoms with E-state index in [2.05, 4.69) is 10.4 Å². The van der Waals surface area contributed by atoms with Gasteiger partial charge >= 0.3 is 0 Å². The maximum absolute atomic E-state index is 12.5. The van der Waals surface area contributed by atoms with E-state index < -0.39 is 0 Å². The molecule has 3 N–H and O–H groups in total. The van der Waals surface area contributed by atoms with Crippen molar-refractivity contribution in [2.45, 2.75) is 37.5 Å². The van der Waals surface area contributed by atoms with Gasteiger partial charge in [-0.1, -0.05) is 18.6 Å². The Morgan fingerprint density at radius 2 is 1.74 bits per heavy atom. The number of hydrazine groups is 1. The number of nitrogens with two attached hydrogens (primary N) is 1. The summed E-state index contributed by atoms with van der Waals surface area (Å²) in [5, 5.41) is 2.07. The van der Waals surface area contributed by atoms with Crippen molar-refractivity contribution in [2.24, 2.45) is 0 Å². The molecule has 0 unspecified atom stereocenters. The summed E-state index contributed by atoms with van der Waals surface area (Å²) in [6.07, 6.45) is 5.51. The summed E-state index contributed by atoms with van der Waals surface area (Å²) in [5.41, 5.74) is 10.3. The van der Waals surface area contributed by atoms with Gasteiger partial charge in [-0.3, -0.25) is 10.2 Å². The van der Waals surface area contributed by atoms with Crippen molar-refractivity contribution in [1.29, 1.82) is 0 Å². The Morgan fingerprint density at radius 1 is 1.11 bits per heavy atom. The van der Waals surface area contributed by atoms with E-state index in [0.29, 0.717) is 0 Å². The van der Waals surface area contributed by atoms with E-state index >= 15 is 0 Å². The molecule has 3 rings (SSSR count). The lowest BCUT2D eigenvalue weighted by Crippen LogP contribution is -2.48. The molecule has 0 spiro atoms. The molecule has 102 valence electrons. The van der Waals surface area contributed by atoms with Crippen molar-refractivity contribution >= 4 is 11.6 Å². The van der Waals surface area contributed by atoms with E-state index in [1.807, 2.05) is 24.3 Å². The summed E-state index contributed by atoms with van der Waals surface area (Å²) >= 11 is 0. The largest absolute Gasteiger partial charge is 0.399 e. The molecule has 4 heteroatoms. The second-order valence-electron chi connectivity index (χ2n) is 5.69. The normalized spacial score (nSPS) is 21.9. The zero-order valence-corrected chi connectivity index (χ0v) is 11.2. The van der Waals surface area contributed by atoms with Gasteiger partial charge in [0.05, 0.1) is 5.41 Å². The van der Waals surface area contributed by atoms with E-state index in [9.17, 15) is 4.79 Å². The highest BCUT2D eigenvalue weighted by Crippen LogP contribution is 2.48. The van der Waals surface area contributed by atoms with Crippen LogP contribution in [0.2, 0.25) is 0 Å². The molecule has 1 aliphatic heterocycles. The van der Waals surface area contributed by atoms with Gasteiger partial charge in [0.15, 0.2) is 0 Å². The fourth-order valence-corrected chi connectivity index (χ4v) is 2.83. The molecule has 0 aromatic heterocycles. The molecule has 1 saturated heterocycles. The summed E-state index contributed by atoms with van der Waals surface area (Å²) in [7, 11) is 0. The Balaban J connectivity index is 1.70. The number of carbonyl (C=O) groups excluding carboxylic acids is 1. The van der Waals surface area contributed by atoms with Gasteiger partial charge in [-0.25, -0.2) is 5.01 Å². The second-order valence-corrected chi connectivity index (χ2v) is 5.69. The smallest absolute Gasteiger partial charge is 0.244 e. The third-order valence-corrected chi connectivity index (χ3v) is 4.26. The molecule has 1 aromatic rings. The number of carbonyl (C=O) groups is 1. The van der Waals surface area contributed by atoms with Crippen LogP contribution < -0.4 is 11.2 Å². The minimum atomic E-state index is -0.300. The van der Waals surface area contributed by atoms with Crippen molar-refractivity contribution in [3.05, 3.63) is 29.8 Å². The first-order chi connectivity index (χ1) is 9.21. The number of nitrogen functional groups attached to an aromatic ring is 1. The minimum absolute atomic E-state index is 0.152. The molecule has 19 heavy (non-hydrogen) atoms. The minimum Gasteiger partial charge on any atom is -0.399 e. The Kier molecular flexibility index (Phi) is 3.19. The van der Waals surface area contributed by atoms with Gasteiger partial charge in [0.1, 0.15) is 0 Å². The van der Waals surface area contributed by atoms with Crippen LogP contribution in [0.3, 0.4) is 0 Å². The average molecular weight is 259 g/mol. The summed E-state index contributed by atoms with van der Waals surface area (Å²) < 4.78 is 0. The summed E-state index contributed by atoms with van der Waals surface area (Å²) in [6, 6.07) is 7.73. The fourth-order valence-electron chi connectivity index (χ4n) is 2.83. The van der Waals surface area contributed by atoms with E-state index in [0.717, 1.165) is 37.2 Å². The number of nitrogens with zero attached hydrogens (tertiary/aromatic N) is 1. The van der Waals surface area contributed by atoms with Gasteiger partial charge < -0.3 is 5.73 Å². The Labute approximate surface area is 113 Å². The third-order valence-electron chi connectivity index (χ3n) is 4.26. The van der Waals surface area contributed by atoms with Crippen molar-refractivity contribution in [3.63, 3.8) is 0 Å². The van der Waals surface area contributed by atoms with E-state index in [4.69, 9.17) is 5.73 Å². The Bertz CT molecular complexity index is 459. The van der Waals surface area contributed by atoms with Crippen LogP contribution in [-0.2, 0) is 10.2 Å². The summed E-state index contributed by atoms with van der Waals surface area (Å²) in [6.45, 7) is 1.95. The number of nitrogens with one attached hydrogen (secondary N) is 1. The molecular formula is C15H21N3O. The van der Waals surface area contributed by atoms with Gasteiger partial charge in [0, 0.05) is 18.8 Å². The summed E-state index contributed by atoms with van der Waals surface area (Å²) in [4.78, 5) is 12.5. The van der Waals surface area contributed by atoms with Crippen LogP contribution in [0.25, 0.3) is 0 Å². The van der Waals surface area contributed by atoms with Gasteiger partial charge in [0.25, 0.3) is 0 Å². The number of amides is 1. The lowest BCUT2D eigenvalue weighted by Gasteiger charge is -2.29. The van der Waals surface area contributed by atoms with Crippen molar-refractivity contribution in [3.8, 4) is 0 Å². The molecule has 1 aromatic carbocycles. The molecule has 1 aliphatic carbocycles. The molecule has 0 atom stereocenters.